The van der Waals surface area contributed by atoms with Gasteiger partial charge in [-0.3, -0.25) is 9.98 Å². The molecule has 1 saturated carbocycles. The van der Waals surface area contributed by atoms with Crippen molar-refractivity contribution in [3.8, 4) is 5.88 Å². The fraction of sp³-hybridized carbons (Fsp3) is 0.444. The van der Waals surface area contributed by atoms with E-state index in [1.54, 1.807) is 16.8 Å². The minimum atomic E-state index is -0.494. The second-order valence-electron chi connectivity index (χ2n) is 7.86. The predicted molar refractivity (Wildman–Crippen MR) is 103 cm³/mol. The van der Waals surface area contributed by atoms with Crippen LogP contribution in [0.15, 0.2) is 22.1 Å². The Kier molecular flexibility index (Phi) is 4.42. The van der Waals surface area contributed by atoms with Gasteiger partial charge in [0.25, 0.3) is 0 Å². The number of hydrogen-bond acceptors (Lipinski definition) is 7. The van der Waals surface area contributed by atoms with Gasteiger partial charge in [-0.25, -0.2) is 9.78 Å². The van der Waals surface area contributed by atoms with E-state index in [1.165, 1.54) is 0 Å². The highest BCUT2D eigenvalue weighted by atomic mass is 16.3. The Bertz CT molecular complexity index is 1180. The molecule has 1 fully saturated rings. The average Bonchev–Trinajstić information content (AvgIpc) is 3.29. The third-order valence-electron chi connectivity index (χ3n) is 4.55. The van der Waals surface area contributed by atoms with Crippen LogP contribution in [0.4, 0.5) is 5.82 Å². The molecule has 0 amide bonds. The van der Waals surface area contributed by atoms with Gasteiger partial charge in [-0.15, -0.1) is 0 Å². The van der Waals surface area contributed by atoms with Crippen molar-refractivity contribution in [2.75, 3.05) is 18.5 Å². The van der Waals surface area contributed by atoms with E-state index in [1.807, 2.05) is 19.9 Å². The van der Waals surface area contributed by atoms with Crippen LogP contribution < -0.4 is 21.7 Å². The first-order valence-corrected chi connectivity index (χ1v) is 9.15. The maximum atomic E-state index is 11.4. The van der Waals surface area contributed by atoms with Crippen molar-refractivity contribution in [2.24, 2.45) is 10.4 Å². The molecule has 0 bridgehead atoms. The fourth-order valence-corrected chi connectivity index (χ4v) is 2.67. The van der Waals surface area contributed by atoms with E-state index in [9.17, 15) is 15.0 Å². The molecule has 3 aromatic heterocycles. The number of aromatic hydroxyl groups is 1. The number of nitrogens with zero attached hydrogens (tertiary/aromatic N) is 4. The van der Waals surface area contributed by atoms with Crippen molar-refractivity contribution < 1.29 is 10.2 Å². The van der Waals surface area contributed by atoms with Gasteiger partial charge in [-0.1, -0.05) is 13.8 Å². The first kappa shape index (κ1) is 18.2. The summed E-state index contributed by atoms with van der Waals surface area (Å²) in [7, 11) is 0. The molecule has 0 spiro atoms. The van der Waals surface area contributed by atoms with E-state index >= 15 is 0 Å². The molecule has 3 aromatic rings. The minimum Gasteiger partial charge on any atom is -0.493 e. The van der Waals surface area contributed by atoms with Gasteiger partial charge in [0.1, 0.15) is 11.5 Å². The Hall–Kier alpha value is -3.14. The number of aliphatic hydroxyl groups excluding tert-OH is 1. The van der Waals surface area contributed by atoms with Crippen LogP contribution in [0.5, 0.6) is 5.88 Å². The molecule has 148 valence electrons. The smallest absolute Gasteiger partial charge is 0.326 e. The first-order valence-electron chi connectivity index (χ1n) is 9.15. The number of fused-ring (bicyclic) bond motifs is 1. The lowest BCUT2D eigenvalue weighted by molar-refractivity contribution is 0.170. The van der Waals surface area contributed by atoms with Crippen LogP contribution in [0.25, 0.3) is 11.7 Å². The molecule has 4 rings (SSSR count). The Morgan fingerprint density at radius 1 is 1.43 bits per heavy atom. The molecule has 1 aliphatic carbocycles. The van der Waals surface area contributed by atoms with Crippen LogP contribution in [0.1, 0.15) is 32.4 Å². The van der Waals surface area contributed by atoms with Crippen molar-refractivity contribution >= 4 is 17.5 Å². The molecule has 28 heavy (non-hydrogen) atoms. The van der Waals surface area contributed by atoms with E-state index in [2.05, 4.69) is 25.4 Å². The van der Waals surface area contributed by atoms with Crippen LogP contribution in [0, 0.1) is 5.41 Å². The van der Waals surface area contributed by atoms with Crippen molar-refractivity contribution in [3.63, 3.8) is 0 Å². The monoisotopic (exact) mass is 385 g/mol. The highest BCUT2D eigenvalue weighted by Gasteiger charge is 2.21. The molecule has 5 N–H and O–H groups in total. The van der Waals surface area contributed by atoms with Gasteiger partial charge >= 0.3 is 5.69 Å². The number of H-pyrrole nitrogens is 2. The van der Waals surface area contributed by atoms with E-state index in [0.717, 1.165) is 12.8 Å². The number of aromatic nitrogens is 5. The molecule has 1 aliphatic rings. The molecule has 0 saturated heterocycles. The summed E-state index contributed by atoms with van der Waals surface area (Å²) < 4.78 is 1.65. The van der Waals surface area contributed by atoms with Gasteiger partial charge in [0.15, 0.2) is 11.1 Å². The summed E-state index contributed by atoms with van der Waals surface area (Å²) in [5.74, 6) is 0.376. The van der Waals surface area contributed by atoms with Crippen molar-refractivity contribution in [2.45, 2.75) is 32.7 Å². The second-order valence-corrected chi connectivity index (χ2v) is 7.86. The SMILES string of the molecule is CC(C)(CO)CNc1cc(=NC2CC2)n2ncc(=Cc3[nH]c(=O)[nH]c3O)c2n1. The fourth-order valence-electron chi connectivity index (χ4n) is 2.67. The highest BCUT2D eigenvalue weighted by Crippen LogP contribution is 2.22. The number of anilines is 1. The van der Waals surface area contributed by atoms with Crippen LogP contribution in [-0.4, -0.2) is 54.0 Å². The number of hydrogen-bond donors (Lipinski definition) is 5. The molecular weight excluding hydrogens is 362 g/mol. The zero-order chi connectivity index (χ0) is 19.9. The van der Waals surface area contributed by atoms with Crippen LogP contribution in [0.3, 0.4) is 0 Å². The van der Waals surface area contributed by atoms with E-state index in [-0.39, 0.29) is 23.6 Å². The van der Waals surface area contributed by atoms with Crippen LogP contribution in [0.2, 0.25) is 0 Å². The number of imidazole rings is 1. The Morgan fingerprint density at radius 2 is 2.21 bits per heavy atom. The minimum absolute atomic E-state index is 0.0490. The molecule has 0 aliphatic heterocycles. The topological polar surface area (TPSA) is 144 Å². The molecular formula is C18H23N7O3. The van der Waals surface area contributed by atoms with Crippen molar-refractivity contribution in [1.82, 2.24) is 24.6 Å². The Balaban J connectivity index is 1.83. The third kappa shape index (κ3) is 3.77. The molecule has 0 radical (unpaired) electrons. The lowest BCUT2D eigenvalue weighted by Gasteiger charge is -2.22. The summed E-state index contributed by atoms with van der Waals surface area (Å²) in [5.41, 5.74) is 0.692. The maximum absolute atomic E-state index is 11.4. The van der Waals surface area contributed by atoms with Crippen molar-refractivity contribution in [1.29, 1.82) is 0 Å². The maximum Gasteiger partial charge on any atom is 0.326 e. The molecule has 3 heterocycles. The number of rotatable bonds is 6. The summed E-state index contributed by atoms with van der Waals surface area (Å²) in [5, 5.41) is 27.6. The normalized spacial score (nSPS) is 16.2. The van der Waals surface area contributed by atoms with Gasteiger partial charge in [0.2, 0.25) is 5.88 Å². The van der Waals surface area contributed by atoms with Gasteiger partial charge in [0, 0.05) is 29.9 Å². The largest absolute Gasteiger partial charge is 0.493 e. The standard InChI is InChI=1S/C18H23N7O3/c1-18(2,9-26)8-19-13-6-14(21-11-3-4-11)25-15(23-13)10(7-20-25)5-12-16(27)24-17(28)22-12/h5-7,11,19,26-27H,3-4,8-9H2,1-2H3,(H2,22,24,28). The van der Waals surface area contributed by atoms with E-state index in [4.69, 9.17) is 4.99 Å². The Morgan fingerprint density at radius 3 is 2.86 bits per heavy atom. The van der Waals surface area contributed by atoms with Gasteiger partial charge in [0.05, 0.1) is 12.2 Å². The van der Waals surface area contributed by atoms with Crippen LogP contribution >= 0.6 is 0 Å². The van der Waals surface area contributed by atoms with Gasteiger partial charge < -0.3 is 20.5 Å². The average molecular weight is 385 g/mol. The lowest BCUT2D eigenvalue weighted by atomic mass is 9.95. The highest BCUT2D eigenvalue weighted by molar-refractivity contribution is 5.57. The first-order chi connectivity index (χ1) is 13.3. The quantitative estimate of drug-likeness (QED) is 0.387. The van der Waals surface area contributed by atoms with E-state index < -0.39 is 5.69 Å². The van der Waals surface area contributed by atoms with Crippen molar-refractivity contribution in [3.05, 3.63) is 39.1 Å². The zero-order valence-electron chi connectivity index (χ0n) is 15.7. The summed E-state index contributed by atoms with van der Waals surface area (Å²) in [6.07, 6.45) is 5.33. The lowest BCUT2D eigenvalue weighted by Crippen LogP contribution is -2.28. The third-order valence-corrected chi connectivity index (χ3v) is 4.55. The zero-order valence-corrected chi connectivity index (χ0v) is 15.7. The van der Waals surface area contributed by atoms with E-state index in [0.29, 0.717) is 34.8 Å². The van der Waals surface area contributed by atoms with Crippen LogP contribution in [-0.2, 0) is 0 Å². The molecule has 10 nitrogen and oxygen atoms in total. The Labute approximate surface area is 159 Å². The second kappa shape index (κ2) is 6.79. The van der Waals surface area contributed by atoms with Gasteiger partial charge in [-0.05, 0) is 18.9 Å². The van der Waals surface area contributed by atoms with Gasteiger partial charge in [-0.2, -0.15) is 9.61 Å². The number of aromatic amines is 2. The molecule has 0 atom stereocenters. The molecule has 10 heteroatoms. The summed E-state index contributed by atoms with van der Waals surface area (Å²) in [6.45, 7) is 4.50. The summed E-state index contributed by atoms with van der Waals surface area (Å²) >= 11 is 0. The predicted octanol–water partition coefficient (Wildman–Crippen LogP) is -0.508. The molecule has 0 aromatic carbocycles. The number of aliphatic hydroxyl groups is 1. The molecule has 0 unspecified atom stereocenters. The number of nitrogens with one attached hydrogen (secondary N) is 3. The summed E-state index contributed by atoms with van der Waals surface area (Å²) in [4.78, 5) is 25.5. The summed E-state index contributed by atoms with van der Waals surface area (Å²) in [6, 6.07) is 2.14.